The maximum Gasteiger partial charge on any atom is 0.241 e. The van der Waals surface area contributed by atoms with Crippen LogP contribution in [0.25, 0.3) is 0 Å². The fourth-order valence-electron chi connectivity index (χ4n) is 3.37. The second-order valence-electron chi connectivity index (χ2n) is 5.75. The SMILES string of the molecule is CCCC1NC(CC)C(=O)N1C1CCC(C)C1. The summed E-state index contributed by atoms with van der Waals surface area (Å²) in [4.78, 5) is 14.6. The largest absolute Gasteiger partial charge is 0.323 e. The summed E-state index contributed by atoms with van der Waals surface area (Å²) in [6, 6.07) is 0.570. The van der Waals surface area contributed by atoms with Crippen molar-refractivity contribution in [1.29, 1.82) is 0 Å². The predicted octanol–water partition coefficient (Wildman–Crippen LogP) is 2.51. The molecule has 1 heterocycles. The summed E-state index contributed by atoms with van der Waals surface area (Å²) >= 11 is 0. The molecule has 3 heteroatoms. The van der Waals surface area contributed by atoms with Gasteiger partial charge < -0.3 is 4.90 Å². The zero-order chi connectivity index (χ0) is 12.4. The Morgan fingerprint density at radius 3 is 2.65 bits per heavy atom. The number of hydrogen-bond acceptors (Lipinski definition) is 2. The lowest BCUT2D eigenvalue weighted by Gasteiger charge is -2.30. The molecule has 0 aromatic rings. The molecular formula is C14H26N2O. The summed E-state index contributed by atoms with van der Waals surface area (Å²) in [6.45, 7) is 6.60. The summed E-state index contributed by atoms with van der Waals surface area (Å²) < 4.78 is 0. The quantitative estimate of drug-likeness (QED) is 0.816. The molecule has 1 aliphatic carbocycles. The Labute approximate surface area is 105 Å². The normalized spacial score (nSPS) is 38.1. The van der Waals surface area contributed by atoms with Gasteiger partial charge in [-0.05, 0) is 38.0 Å². The highest BCUT2D eigenvalue weighted by molar-refractivity contribution is 5.84. The van der Waals surface area contributed by atoms with Gasteiger partial charge in [-0.1, -0.05) is 27.2 Å². The molecule has 3 nitrogen and oxygen atoms in total. The van der Waals surface area contributed by atoms with Gasteiger partial charge in [0.05, 0.1) is 12.2 Å². The van der Waals surface area contributed by atoms with E-state index < -0.39 is 0 Å². The molecule has 2 rings (SSSR count). The van der Waals surface area contributed by atoms with Crippen molar-refractivity contribution in [2.75, 3.05) is 0 Å². The second-order valence-corrected chi connectivity index (χ2v) is 5.75. The van der Waals surface area contributed by atoms with Gasteiger partial charge in [-0.2, -0.15) is 0 Å². The van der Waals surface area contributed by atoms with E-state index in [2.05, 4.69) is 31.0 Å². The minimum atomic E-state index is 0.0717. The Hall–Kier alpha value is -0.570. The molecule has 4 atom stereocenters. The molecule has 1 N–H and O–H groups in total. The first kappa shape index (κ1) is 12.9. The van der Waals surface area contributed by atoms with E-state index in [4.69, 9.17) is 0 Å². The van der Waals surface area contributed by atoms with Crippen molar-refractivity contribution in [1.82, 2.24) is 10.2 Å². The van der Waals surface area contributed by atoms with Crippen molar-refractivity contribution in [3.8, 4) is 0 Å². The smallest absolute Gasteiger partial charge is 0.241 e. The number of nitrogens with zero attached hydrogens (tertiary/aromatic N) is 1. The predicted molar refractivity (Wildman–Crippen MR) is 69.6 cm³/mol. The maximum absolute atomic E-state index is 12.4. The molecule has 2 fully saturated rings. The first-order chi connectivity index (χ1) is 8.17. The lowest BCUT2D eigenvalue weighted by atomic mass is 10.1. The molecular weight excluding hydrogens is 212 g/mol. The topological polar surface area (TPSA) is 32.3 Å². The van der Waals surface area contributed by atoms with E-state index in [-0.39, 0.29) is 6.04 Å². The molecule has 1 saturated carbocycles. The third-order valence-corrected chi connectivity index (χ3v) is 4.31. The van der Waals surface area contributed by atoms with Crippen LogP contribution in [0.1, 0.15) is 59.3 Å². The molecule has 98 valence electrons. The molecule has 1 aliphatic heterocycles. The van der Waals surface area contributed by atoms with E-state index in [0.717, 1.165) is 25.2 Å². The number of rotatable bonds is 4. The third-order valence-electron chi connectivity index (χ3n) is 4.31. The summed E-state index contributed by atoms with van der Waals surface area (Å²) in [5.74, 6) is 1.14. The fraction of sp³-hybridized carbons (Fsp3) is 0.929. The van der Waals surface area contributed by atoms with Crippen LogP contribution >= 0.6 is 0 Å². The van der Waals surface area contributed by atoms with Crippen LogP contribution in [-0.4, -0.2) is 29.1 Å². The monoisotopic (exact) mass is 238 g/mol. The van der Waals surface area contributed by atoms with Crippen molar-refractivity contribution in [2.45, 2.75) is 77.5 Å². The summed E-state index contributed by atoms with van der Waals surface area (Å²) in [7, 11) is 0. The molecule has 1 amide bonds. The lowest BCUT2D eigenvalue weighted by molar-refractivity contribution is -0.132. The molecule has 0 aromatic heterocycles. The summed E-state index contributed by atoms with van der Waals surface area (Å²) in [5.41, 5.74) is 0. The van der Waals surface area contributed by atoms with Crippen molar-refractivity contribution >= 4 is 5.91 Å². The van der Waals surface area contributed by atoms with E-state index >= 15 is 0 Å². The van der Waals surface area contributed by atoms with Crippen molar-refractivity contribution in [3.63, 3.8) is 0 Å². The van der Waals surface area contributed by atoms with Gasteiger partial charge in [0, 0.05) is 6.04 Å². The van der Waals surface area contributed by atoms with Gasteiger partial charge >= 0.3 is 0 Å². The van der Waals surface area contributed by atoms with Crippen LogP contribution in [0.3, 0.4) is 0 Å². The van der Waals surface area contributed by atoms with Crippen LogP contribution in [0, 0.1) is 5.92 Å². The Bertz CT molecular complexity index is 279. The van der Waals surface area contributed by atoms with Crippen molar-refractivity contribution in [3.05, 3.63) is 0 Å². The van der Waals surface area contributed by atoms with Crippen LogP contribution in [0.4, 0.5) is 0 Å². The van der Waals surface area contributed by atoms with Crippen LogP contribution in [0.5, 0.6) is 0 Å². The number of carbonyl (C=O) groups excluding carboxylic acids is 1. The average molecular weight is 238 g/mol. The zero-order valence-corrected chi connectivity index (χ0v) is 11.4. The second kappa shape index (κ2) is 5.38. The van der Waals surface area contributed by atoms with E-state index in [9.17, 15) is 4.79 Å². The minimum Gasteiger partial charge on any atom is -0.323 e. The van der Waals surface area contributed by atoms with Crippen LogP contribution in [-0.2, 0) is 4.79 Å². The maximum atomic E-state index is 12.4. The number of carbonyl (C=O) groups is 1. The highest BCUT2D eigenvalue weighted by Crippen LogP contribution is 2.33. The van der Waals surface area contributed by atoms with Crippen molar-refractivity contribution < 1.29 is 4.79 Å². The fourth-order valence-corrected chi connectivity index (χ4v) is 3.37. The number of amides is 1. The highest BCUT2D eigenvalue weighted by atomic mass is 16.2. The molecule has 2 aliphatic rings. The Kier molecular flexibility index (Phi) is 4.08. The van der Waals surface area contributed by atoms with E-state index in [1.54, 1.807) is 0 Å². The van der Waals surface area contributed by atoms with Crippen LogP contribution in [0.2, 0.25) is 0 Å². The first-order valence-corrected chi connectivity index (χ1v) is 7.25. The summed E-state index contributed by atoms with van der Waals surface area (Å²) in [6.07, 6.45) is 7.12. The molecule has 4 unspecified atom stereocenters. The average Bonchev–Trinajstić information content (AvgIpc) is 2.84. The van der Waals surface area contributed by atoms with E-state index in [1.165, 1.54) is 19.3 Å². The van der Waals surface area contributed by atoms with E-state index in [1.807, 2.05) is 0 Å². The molecule has 0 spiro atoms. The van der Waals surface area contributed by atoms with Crippen LogP contribution in [0.15, 0.2) is 0 Å². The highest BCUT2D eigenvalue weighted by Gasteiger charge is 2.42. The molecule has 17 heavy (non-hydrogen) atoms. The minimum absolute atomic E-state index is 0.0717. The van der Waals surface area contributed by atoms with Gasteiger partial charge in [0.1, 0.15) is 0 Å². The zero-order valence-electron chi connectivity index (χ0n) is 11.4. The van der Waals surface area contributed by atoms with Gasteiger partial charge in [-0.25, -0.2) is 0 Å². The van der Waals surface area contributed by atoms with Gasteiger partial charge in [-0.3, -0.25) is 10.1 Å². The molecule has 1 saturated heterocycles. The van der Waals surface area contributed by atoms with Gasteiger partial charge in [0.25, 0.3) is 0 Å². The van der Waals surface area contributed by atoms with Gasteiger partial charge in [0.2, 0.25) is 5.91 Å². The first-order valence-electron chi connectivity index (χ1n) is 7.25. The van der Waals surface area contributed by atoms with Gasteiger partial charge in [-0.15, -0.1) is 0 Å². The molecule has 0 radical (unpaired) electrons. The summed E-state index contributed by atoms with van der Waals surface area (Å²) in [5, 5.41) is 3.51. The van der Waals surface area contributed by atoms with Crippen molar-refractivity contribution in [2.24, 2.45) is 5.92 Å². The van der Waals surface area contributed by atoms with Gasteiger partial charge in [0.15, 0.2) is 0 Å². The number of nitrogens with one attached hydrogen (secondary N) is 1. The molecule has 0 aromatic carbocycles. The lowest BCUT2D eigenvalue weighted by Crippen LogP contribution is -2.43. The standard InChI is InChI=1S/C14H26N2O/c1-4-6-13-15-12(5-2)14(17)16(13)11-8-7-10(3)9-11/h10-13,15H,4-9H2,1-3H3. The third kappa shape index (κ3) is 2.49. The Morgan fingerprint density at radius 2 is 2.12 bits per heavy atom. The Morgan fingerprint density at radius 1 is 1.35 bits per heavy atom. The Balaban J connectivity index is 2.08. The molecule has 0 bridgehead atoms. The number of hydrogen-bond donors (Lipinski definition) is 1. The van der Waals surface area contributed by atoms with E-state index in [0.29, 0.717) is 18.1 Å². The van der Waals surface area contributed by atoms with Crippen LogP contribution < -0.4 is 5.32 Å².